The van der Waals surface area contributed by atoms with Gasteiger partial charge in [-0.2, -0.15) is 0 Å². The summed E-state index contributed by atoms with van der Waals surface area (Å²) in [4.78, 5) is 24.6. The van der Waals surface area contributed by atoms with Crippen LogP contribution in [-0.4, -0.2) is 25.2 Å². The van der Waals surface area contributed by atoms with Crippen molar-refractivity contribution in [3.05, 3.63) is 83.9 Å². The van der Waals surface area contributed by atoms with E-state index in [1.807, 2.05) is 50.2 Å². The number of hydrogen-bond acceptors (Lipinski definition) is 5. The zero-order valence-corrected chi connectivity index (χ0v) is 18.7. The molecule has 0 heterocycles. The molecule has 0 aliphatic heterocycles. The lowest BCUT2D eigenvalue weighted by molar-refractivity contribution is 0.0447. The van der Waals surface area contributed by atoms with Crippen LogP contribution in [0.3, 0.4) is 0 Å². The van der Waals surface area contributed by atoms with E-state index in [-0.39, 0.29) is 5.97 Å². The van der Waals surface area contributed by atoms with Crippen molar-refractivity contribution in [2.45, 2.75) is 27.2 Å². The van der Waals surface area contributed by atoms with Crippen LogP contribution in [0.1, 0.15) is 47.9 Å². The second-order valence-electron chi connectivity index (χ2n) is 7.56. The summed E-state index contributed by atoms with van der Waals surface area (Å²) in [6.45, 7) is 7.04. The van der Waals surface area contributed by atoms with Crippen molar-refractivity contribution in [3.8, 4) is 22.6 Å². The first-order chi connectivity index (χ1) is 15.5. The summed E-state index contributed by atoms with van der Waals surface area (Å²) in [5, 5.41) is 0. The minimum Gasteiger partial charge on any atom is -0.494 e. The lowest BCUT2D eigenvalue weighted by Gasteiger charge is -2.10. The molecule has 0 aliphatic rings. The normalized spacial score (nSPS) is 11.5. The summed E-state index contributed by atoms with van der Waals surface area (Å²) >= 11 is 0. The molecule has 0 bridgehead atoms. The quantitative estimate of drug-likeness (QED) is 0.299. The summed E-state index contributed by atoms with van der Waals surface area (Å²) in [5.41, 5.74) is 2.89. The Kier molecular flexibility index (Phi) is 8.03. The summed E-state index contributed by atoms with van der Waals surface area (Å²) in [6.07, 6.45) is 0.948. The number of esters is 2. The van der Waals surface area contributed by atoms with E-state index in [1.165, 1.54) is 0 Å². The van der Waals surface area contributed by atoms with Crippen molar-refractivity contribution >= 4 is 11.9 Å². The van der Waals surface area contributed by atoms with E-state index in [0.717, 1.165) is 23.3 Å². The van der Waals surface area contributed by atoms with E-state index in [4.69, 9.17) is 14.2 Å². The molecule has 1 unspecified atom stereocenters. The van der Waals surface area contributed by atoms with E-state index in [2.05, 4.69) is 6.92 Å². The van der Waals surface area contributed by atoms with Crippen LogP contribution < -0.4 is 9.47 Å². The number of ether oxygens (including phenoxy) is 3. The lowest BCUT2D eigenvalue weighted by Crippen LogP contribution is -2.12. The summed E-state index contributed by atoms with van der Waals surface area (Å²) in [7, 11) is 0. The highest BCUT2D eigenvalue weighted by atomic mass is 16.5. The van der Waals surface area contributed by atoms with Gasteiger partial charge in [0.1, 0.15) is 11.5 Å². The predicted octanol–water partition coefficient (Wildman–Crippen LogP) is 6.17. The number of rotatable bonds is 9. The Hall–Kier alpha value is -3.60. The first-order valence-corrected chi connectivity index (χ1v) is 10.8. The van der Waals surface area contributed by atoms with Gasteiger partial charge in [0.25, 0.3) is 0 Å². The van der Waals surface area contributed by atoms with Gasteiger partial charge in [0, 0.05) is 0 Å². The van der Waals surface area contributed by atoms with E-state index in [0.29, 0.717) is 36.0 Å². The highest BCUT2D eigenvalue weighted by Gasteiger charge is 2.12. The van der Waals surface area contributed by atoms with E-state index in [9.17, 15) is 9.59 Å². The molecule has 0 radical (unpaired) electrons. The second kappa shape index (κ2) is 11.1. The van der Waals surface area contributed by atoms with Crippen LogP contribution in [0.25, 0.3) is 11.1 Å². The Labute approximate surface area is 188 Å². The van der Waals surface area contributed by atoms with Gasteiger partial charge in [-0.3, -0.25) is 0 Å². The van der Waals surface area contributed by atoms with Crippen LogP contribution in [0.15, 0.2) is 72.8 Å². The molecule has 0 spiro atoms. The molecule has 3 aromatic carbocycles. The molecular formula is C27H28O5. The molecule has 0 fully saturated rings. The number of carbonyl (C=O) groups is 2. The van der Waals surface area contributed by atoms with Crippen LogP contribution in [0.2, 0.25) is 0 Å². The molecule has 0 aliphatic carbocycles. The van der Waals surface area contributed by atoms with Crippen molar-refractivity contribution in [2.75, 3.05) is 13.2 Å². The van der Waals surface area contributed by atoms with Gasteiger partial charge >= 0.3 is 11.9 Å². The number of benzene rings is 3. The third-order valence-electron chi connectivity index (χ3n) is 5.12. The van der Waals surface area contributed by atoms with Gasteiger partial charge < -0.3 is 14.2 Å². The van der Waals surface area contributed by atoms with Crippen LogP contribution in [0, 0.1) is 5.92 Å². The third-order valence-corrected chi connectivity index (χ3v) is 5.12. The lowest BCUT2D eigenvalue weighted by atomic mass is 10.0. The van der Waals surface area contributed by atoms with Gasteiger partial charge in [0.2, 0.25) is 0 Å². The molecule has 32 heavy (non-hydrogen) atoms. The van der Waals surface area contributed by atoms with Crippen LogP contribution in [0.5, 0.6) is 11.5 Å². The highest BCUT2D eigenvalue weighted by molar-refractivity contribution is 5.92. The molecule has 0 amide bonds. The zero-order valence-electron chi connectivity index (χ0n) is 18.7. The van der Waals surface area contributed by atoms with Crippen molar-refractivity contribution in [1.29, 1.82) is 0 Å². The summed E-state index contributed by atoms with van der Waals surface area (Å²) in [6, 6.07) is 21.4. The Morgan fingerprint density at radius 3 is 1.78 bits per heavy atom. The van der Waals surface area contributed by atoms with Gasteiger partial charge in [-0.1, -0.05) is 44.5 Å². The molecule has 3 aromatic rings. The van der Waals surface area contributed by atoms with Crippen molar-refractivity contribution < 1.29 is 23.8 Å². The predicted molar refractivity (Wildman–Crippen MR) is 124 cm³/mol. The third kappa shape index (κ3) is 6.20. The van der Waals surface area contributed by atoms with Crippen LogP contribution in [-0.2, 0) is 4.74 Å². The van der Waals surface area contributed by atoms with Gasteiger partial charge in [-0.25, -0.2) is 9.59 Å². The van der Waals surface area contributed by atoms with Gasteiger partial charge in [0.15, 0.2) is 0 Å². The Balaban J connectivity index is 1.59. The Bertz CT molecular complexity index is 1020. The first kappa shape index (κ1) is 23.1. The Morgan fingerprint density at radius 2 is 1.22 bits per heavy atom. The molecule has 5 nitrogen and oxygen atoms in total. The molecule has 0 saturated heterocycles. The monoisotopic (exact) mass is 432 g/mol. The minimum absolute atomic E-state index is 0.319. The Morgan fingerprint density at radius 1 is 0.719 bits per heavy atom. The maximum atomic E-state index is 12.5. The highest BCUT2D eigenvalue weighted by Crippen LogP contribution is 2.23. The summed E-state index contributed by atoms with van der Waals surface area (Å²) < 4.78 is 16.2. The largest absolute Gasteiger partial charge is 0.494 e. The molecule has 3 rings (SSSR count). The maximum absolute atomic E-state index is 12.5. The molecule has 0 aromatic heterocycles. The number of carbonyl (C=O) groups excluding carboxylic acids is 2. The number of hydrogen-bond donors (Lipinski definition) is 0. The van der Waals surface area contributed by atoms with Crippen molar-refractivity contribution in [3.63, 3.8) is 0 Å². The molecule has 0 N–H and O–H groups in total. The standard InChI is InChI=1S/C27H28O5/c1-4-19(3)18-31-26(28)22-12-16-25(17-13-22)32-27(29)23-8-6-20(7-9-23)21-10-14-24(15-11-21)30-5-2/h6-17,19H,4-5,18H2,1-3H3. The van der Waals surface area contributed by atoms with E-state index in [1.54, 1.807) is 36.4 Å². The van der Waals surface area contributed by atoms with Crippen LogP contribution in [0.4, 0.5) is 0 Å². The average molecular weight is 433 g/mol. The fraction of sp³-hybridized carbons (Fsp3) is 0.259. The minimum atomic E-state index is -0.463. The molecule has 1 atom stereocenters. The molecule has 5 heteroatoms. The second-order valence-corrected chi connectivity index (χ2v) is 7.56. The molecule has 166 valence electrons. The fourth-order valence-electron chi connectivity index (χ4n) is 2.95. The molecular weight excluding hydrogens is 404 g/mol. The van der Waals surface area contributed by atoms with Gasteiger partial charge in [0.05, 0.1) is 24.3 Å². The van der Waals surface area contributed by atoms with Crippen molar-refractivity contribution in [2.24, 2.45) is 5.92 Å². The van der Waals surface area contributed by atoms with Crippen LogP contribution >= 0.6 is 0 Å². The topological polar surface area (TPSA) is 61.8 Å². The van der Waals surface area contributed by atoms with Crippen molar-refractivity contribution in [1.82, 2.24) is 0 Å². The molecule has 0 saturated carbocycles. The maximum Gasteiger partial charge on any atom is 0.343 e. The zero-order chi connectivity index (χ0) is 22.9. The van der Waals surface area contributed by atoms with E-state index < -0.39 is 5.97 Å². The van der Waals surface area contributed by atoms with Gasteiger partial charge in [-0.15, -0.1) is 0 Å². The van der Waals surface area contributed by atoms with Gasteiger partial charge in [-0.05, 0) is 72.5 Å². The van der Waals surface area contributed by atoms with E-state index >= 15 is 0 Å². The smallest absolute Gasteiger partial charge is 0.343 e. The SMILES string of the molecule is CCOc1ccc(-c2ccc(C(=O)Oc3ccc(C(=O)OCC(C)CC)cc3)cc2)cc1. The first-order valence-electron chi connectivity index (χ1n) is 10.8. The average Bonchev–Trinajstić information content (AvgIpc) is 2.83. The fourth-order valence-corrected chi connectivity index (χ4v) is 2.95. The summed E-state index contributed by atoms with van der Waals surface area (Å²) in [5.74, 6) is 0.665.